The zero-order valence-electron chi connectivity index (χ0n) is 39.1. The van der Waals surface area contributed by atoms with Crippen molar-refractivity contribution >= 4 is 43.3 Å². The van der Waals surface area contributed by atoms with Crippen LogP contribution in [0.2, 0.25) is 0 Å². The van der Waals surface area contributed by atoms with Crippen LogP contribution in [0, 0.1) is 71.9 Å². The summed E-state index contributed by atoms with van der Waals surface area (Å²) < 4.78 is 1.92. The Balaban J connectivity index is 0.000000132. The second-order valence-corrected chi connectivity index (χ2v) is 29.2. The first kappa shape index (κ1) is 48.2. The number of aryl methyl sites for hydroxylation is 6. The SMILES string of the molecule is C1=CC2C3C=CC(C3)C2C1.C1CCC([PH+](C2CCCCC2)C2CCCCC2)CC1.Cc1cc(C)c(N2[CH-]N(c3c(C)cc(C)cc3C)CC2)c(C)c1.[Cl][Ru]([Cl])=[CH]c1ccccc1. The van der Waals surface area contributed by atoms with Gasteiger partial charge < -0.3 is 9.80 Å². The molecule has 1 heterocycles. The Morgan fingerprint density at radius 3 is 1.44 bits per heavy atom. The van der Waals surface area contributed by atoms with Crippen molar-refractivity contribution in [1.82, 2.24) is 0 Å². The van der Waals surface area contributed by atoms with Crippen LogP contribution < -0.4 is 9.80 Å². The molecule has 4 unspecified atom stereocenters. The number of fused-ring (bicyclic) bond motifs is 5. The van der Waals surface area contributed by atoms with Gasteiger partial charge in [-0.2, -0.15) is 6.67 Å². The second-order valence-electron chi connectivity index (χ2n) is 20.1. The van der Waals surface area contributed by atoms with Crippen molar-refractivity contribution in [3.05, 3.63) is 125 Å². The van der Waals surface area contributed by atoms with Crippen LogP contribution in [0.15, 0.2) is 78.9 Å². The molecule has 0 N–H and O–H groups in total. The van der Waals surface area contributed by atoms with Crippen molar-refractivity contribution in [3.63, 3.8) is 0 Å². The first-order valence-electron chi connectivity index (χ1n) is 24.7. The standard InChI is InChI=1S/C21H27N2.C18H33P.C10H12.C7H6.2ClH.Ru/c1-14-9-16(3)20(17(4)10-14)22-7-8-23(13-22)21-18(5)11-15(2)12-19(21)6;1-4-10-16(11-5-1)19(17-12-6-2-7-13-17)18-14-8-3-9-15-18;1-2-9-7-4-5-8(6-7)10(9)3-1;1-7-5-3-2-4-6-7;;;/h9-13H,7-8H2,1-6H3;16-18H,1-15H2;1-2,4-5,7-10H,3,6H2;1-6H;2*1H;/q-1;;;;;;+2/p-1. The molecule has 0 radical (unpaired) electrons. The number of benzene rings is 3. The molecular weight excluding hydrogens is 904 g/mol. The molecule has 62 heavy (non-hydrogen) atoms. The summed E-state index contributed by atoms with van der Waals surface area (Å²) in [5, 5.41) is 0. The van der Waals surface area contributed by atoms with Gasteiger partial charge in [0.2, 0.25) is 0 Å². The number of anilines is 2. The number of rotatable bonds is 6. The van der Waals surface area contributed by atoms with Crippen molar-refractivity contribution in [1.29, 1.82) is 0 Å². The summed E-state index contributed by atoms with van der Waals surface area (Å²) in [4.78, 5) is 4.81. The van der Waals surface area contributed by atoms with Gasteiger partial charge in [-0.3, -0.25) is 0 Å². The molecule has 5 fully saturated rings. The predicted molar refractivity (Wildman–Crippen MR) is 274 cm³/mol. The molecule has 340 valence electrons. The fourth-order valence-corrected chi connectivity index (χ4v) is 20.0. The van der Waals surface area contributed by atoms with E-state index < -0.39 is 13.5 Å². The van der Waals surface area contributed by atoms with E-state index in [0.717, 1.165) is 42.3 Å². The topological polar surface area (TPSA) is 6.48 Å². The van der Waals surface area contributed by atoms with Crippen LogP contribution in [-0.4, -0.2) is 34.7 Å². The van der Waals surface area contributed by atoms with Crippen LogP contribution in [0.5, 0.6) is 0 Å². The van der Waals surface area contributed by atoms with E-state index in [4.69, 9.17) is 19.4 Å². The van der Waals surface area contributed by atoms with Crippen LogP contribution in [0.4, 0.5) is 11.4 Å². The van der Waals surface area contributed by atoms with Crippen LogP contribution in [0.1, 0.15) is 148 Å². The van der Waals surface area contributed by atoms with Gasteiger partial charge in [-0.1, -0.05) is 79.0 Å². The van der Waals surface area contributed by atoms with E-state index in [0.29, 0.717) is 0 Å². The summed E-state index contributed by atoms with van der Waals surface area (Å²) in [6, 6.07) is 19.0. The summed E-state index contributed by atoms with van der Waals surface area (Å²) in [5.41, 5.74) is 15.6. The maximum absolute atomic E-state index is 5.67. The van der Waals surface area contributed by atoms with E-state index in [-0.39, 0.29) is 7.92 Å². The number of allylic oxidation sites excluding steroid dienone is 4. The Bertz CT molecular complexity index is 1820. The fourth-order valence-electron chi connectivity index (χ4n) is 13.0. The van der Waals surface area contributed by atoms with E-state index >= 15 is 0 Å². The first-order valence-corrected chi connectivity index (χ1v) is 31.9. The van der Waals surface area contributed by atoms with Gasteiger partial charge in [0.1, 0.15) is 0 Å². The fraction of sp³-hybridized carbons (Fsp3) is 0.571. The molecule has 0 spiro atoms. The minimum atomic E-state index is -1.61. The molecule has 10 rings (SSSR count). The number of nitrogens with zero attached hydrogens (tertiary/aromatic N) is 2. The molecule has 3 aromatic carbocycles. The van der Waals surface area contributed by atoms with E-state index in [1.54, 1.807) is 96.3 Å². The van der Waals surface area contributed by atoms with Gasteiger partial charge in [-0.05, 0) is 177 Å². The molecule has 3 aromatic rings. The Morgan fingerprint density at radius 1 is 0.581 bits per heavy atom. The van der Waals surface area contributed by atoms with E-state index in [1.807, 2.05) is 34.9 Å². The molecule has 2 bridgehead atoms. The molecule has 6 heteroatoms. The molecule has 6 aliphatic carbocycles. The van der Waals surface area contributed by atoms with Crippen molar-refractivity contribution in [2.45, 2.75) is 168 Å². The van der Waals surface area contributed by atoms with Gasteiger partial charge in [0, 0.05) is 32.4 Å². The summed E-state index contributed by atoms with van der Waals surface area (Å²) in [6.45, 7) is 17.6. The summed E-state index contributed by atoms with van der Waals surface area (Å²) in [5.74, 6) is 3.82. The normalized spacial score (nSPS) is 24.8. The third-order valence-corrected chi connectivity index (χ3v) is 21.8. The molecule has 4 saturated carbocycles. The molecule has 0 aromatic heterocycles. The molecule has 2 nitrogen and oxygen atoms in total. The van der Waals surface area contributed by atoms with Gasteiger partial charge >= 0.3 is 73.4 Å². The predicted octanol–water partition coefficient (Wildman–Crippen LogP) is 16.3. The van der Waals surface area contributed by atoms with Crippen LogP contribution in [0.3, 0.4) is 0 Å². The van der Waals surface area contributed by atoms with Gasteiger partial charge in [0.25, 0.3) is 0 Å². The number of hydrogen-bond donors (Lipinski definition) is 0. The summed E-state index contributed by atoms with van der Waals surface area (Å²) >= 11 is -1.61. The Hall–Kier alpha value is -1.76. The third-order valence-electron chi connectivity index (χ3n) is 15.4. The quantitative estimate of drug-likeness (QED) is 0.105. The van der Waals surface area contributed by atoms with E-state index in [9.17, 15) is 0 Å². The van der Waals surface area contributed by atoms with Crippen molar-refractivity contribution < 1.29 is 13.5 Å². The second kappa shape index (κ2) is 23.6. The van der Waals surface area contributed by atoms with Gasteiger partial charge in [0.05, 0.1) is 17.0 Å². The van der Waals surface area contributed by atoms with Crippen LogP contribution in [0.25, 0.3) is 0 Å². The molecule has 1 saturated heterocycles. The Morgan fingerprint density at radius 2 is 1.02 bits per heavy atom. The van der Waals surface area contributed by atoms with Gasteiger partial charge in [0.15, 0.2) is 0 Å². The maximum atomic E-state index is 5.67. The molecule has 4 atom stereocenters. The molecule has 7 aliphatic rings. The number of hydrogen-bond acceptors (Lipinski definition) is 2. The first-order chi connectivity index (χ1) is 30.0. The third kappa shape index (κ3) is 12.8. The van der Waals surface area contributed by atoms with Gasteiger partial charge in [-0.25, -0.2) is 0 Å². The van der Waals surface area contributed by atoms with Crippen molar-refractivity contribution in [2.24, 2.45) is 23.7 Å². The average molecular weight is 983 g/mol. The zero-order valence-corrected chi connectivity index (χ0v) is 43.4. The summed E-state index contributed by atoms with van der Waals surface area (Å²) in [7, 11) is 11.3. The van der Waals surface area contributed by atoms with Crippen LogP contribution in [-0.2, 0) is 13.5 Å². The van der Waals surface area contributed by atoms with E-state index in [1.165, 1.54) is 74.6 Å². The Labute approximate surface area is 393 Å². The van der Waals surface area contributed by atoms with Crippen molar-refractivity contribution in [3.8, 4) is 0 Å². The molecule has 1 aliphatic heterocycles. The zero-order chi connectivity index (χ0) is 43.6. The average Bonchev–Trinajstić information content (AvgIpc) is 4.09. The Kier molecular flexibility index (Phi) is 18.4. The van der Waals surface area contributed by atoms with Crippen LogP contribution >= 0.6 is 27.3 Å². The minimum absolute atomic E-state index is 0.0465. The summed E-state index contributed by atoms with van der Waals surface area (Å²) in [6.07, 6.45) is 36.3. The molecular formula is C56H79Cl2N2PRu. The van der Waals surface area contributed by atoms with Gasteiger partial charge in [-0.15, -0.1) is 0 Å². The monoisotopic (exact) mass is 982 g/mol. The van der Waals surface area contributed by atoms with E-state index in [2.05, 4.69) is 107 Å². The van der Waals surface area contributed by atoms with Crippen molar-refractivity contribution in [2.75, 3.05) is 22.9 Å². The number of halogens is 2. The molecule has 0 amide bonds.